The summed E-state index contributed by atoms with van der Waals surface area (Å²) in [5, 5.41) is 3.72. The van der Waals surface area contributed by atoms with E-state index in [0.29, 0.717) is 0 Å². The molecule has 0 radical (unpaired) electrons. The van der Waals surface area contributed by atoms with Gasteiger partial charge in [-0.05, 0) is 12.1 Å². The summed E-state index contributed by atoms with van der Waals surface area (Å²) in [6.07, 6.45) is 2.62. The first-order valence-electron chi connectivity index (χ1n) is 3.57. The van der Waals surface area contributed by atoms with Crippen LogP contribution >= 0.6 is 0 Å². The smallest absolute Gasteiger partial charge is 0.151 e. The first-order valence-corrected chi connectivity index (χ1v) is 3.57. The van der Waals surface area contributed by atoms with E-state index >= 15 is 0 Å². The van der Waals surface area contributed by atoms with Gasteiger partial charge in [0.15, 0.2) is 5.82 Å². The lowest BCUT2D eigenvalue weighted by Gasteiger charge is -2.00. The molecule has 1 aromatic heterocycles. The Labute approximate surface area is 72.6 Å². The quantitative estimate of drug-likeness (QED) is 0.668. The van der Waals surface area contributed by atoms with Gasteiger partial charge >= 0.3 is 0 Å². The van der Waals surface area contributed by atoms with Crippen molar-refractivity contribution in [3.63, 3.8) is 0 Å². The van der Waals surface area contributed by atoms with Crippen molar-refractivity contribution >= 4 is 0 Å². The first-order chi connectivity index (χ1) is 6.27. The maximum absolute atomic E-state index is 13.1. The maximum atomic E-state index is 13.1. The van der Waals surface area contributed by atoms with Crippen molar-refractivity contribution < 1.29 is 8.78 Å². The van der Waals surface area contributed by atoms with E-state index in [1.807, 2.05) is 0 Å². The van der Waals surface area contributed by atoms with Crippen molar-refractivity contribution in [2.24, 2.45) is 0 Å². The van der Waals surface area contributed by atoms with Crippen molar-refractivity contribution in [3.8, 4) is 5.69 Å². The molecule has 0 saturated heterocycles. The summed E-state index contributed by atoms with van der Waals surface area (Å²) in [5.41, 5.74) is 0.180. The molecule has 0 aliphatic rings. The minimum atomic E-state index is -0.662. The molecule has 0 fully saturated rings. The third kappa shape index (κ3) is 1.40. The van der Waals surface area contributed by atoms with Crippen molar-refractivity contribution in [2.75, 3.05) is 0 Å². The zero-order valence-electron chi connectivity index (χ0n) is 6.48. The van der Waals surface area contributed by atoms with Crippen LogP contribution in [0, 0.1) is 11.6 Å². The second-order valence-electron chi connectivity index (χ2n) is 2.44. The molecular formula is C8H5F2N3. The van der Waals surface area contributed by atoms with Crippen LogP contribution in [0.4, 0.5) is 8.78 Å². The zero-order valence-corrected chi connectivity index (χ0v) is 6.48. The van der Waals surface area contributed by atoms with E-state index in [1.165, 1.54) is 29.5 Å². The summed E-state index contributed by atoms with van der Waals surface area (Å²) in [6, 6.07) is 3.27. The standard InChI is InChI=1S/C8H5F2N3/c9-6-1-2-8(7(10)3-6)13-5-11-4-12-13/h1-5H. The minimum Gasteiger partial charge on any atom is -0.223 e. The van der Waals surface area contributed by atoms with Crippen LogP contribution in [0.25, 0.3) is 5.69 Å². The monoisotopic (exact) mass is 181 g/mol. The molecule has 5 heteroatoms. The van der Waals surface area contributed by atoms with Crippen LogP contribution in [0.5, 0.6) is 0 Å². The fourth-order valence-electron chi connectivity index (χ4n) is 1.000. The Morgan fingerprint density at radius 2 is 2.08 bits per heavy atom. The number of rotatable bonds is 1. The van der Waals surface area contributed by atoms with Gasteiger partial charge in [0, 0.05) is 6.07 Å². The van der Waals surface area contributed by atoms with E-state index < -0.39 is 11.6 Å². The third-order valence-electron chi connectivity index (χ3n) is 1.58. The second-order valence-corrected chi connectivity index (χ2v) is 2.44. The molecule has 0 spiro atoms. The highest BCUT2D eigenvalue weighted by atomic mass is 19.1. The zero-order chi connectivity index (χ0) is 9.26. The Bertz CT molecular complexity index is 411. The molecule has 1 aromatic carbocycles. The molecule has 0 amide bonds. The highest BCUT2D eigenvalue weighted by Crippen LogP contribution is 2.12. The Hall–Kier alpha value is -1.78. The van der Waals surface area contributed by atoms with E-state index in [0.717, 1.165) is 6.07 Å². The van der Waals surface area contributed by atoms with E-state index in [9.17, 15) is 8.78 Å². The van der Waals surface area contributed by atoms with Gasteiger partial charge in [-0.15, -0.1) is 0 Å². The second kappa shape index (κ2) is 2.93. The molecule has 2 rings (SSSR count). The van der Waals surface area contributed by atoms with Gasteiger partial charge in [-0.3, -0.25) is 0 Å². The SMILES string of the molecule is Fc1ccc(-n2cncn2)c(F)c1. The average Bonchev–Trinajstić information content (AvgIpc) is 2.56. The topological polar surface area (TPSA) is 30.7 Å². The Balaban J connectivity index is 2.53. The molecule has 3 nitrogen and oxygen atoms in total. The lowest BCUT2D eigenvalue weighted by molar-refractivity contribution is 0.573. The van der Waals surface area contributed by atoms with Gasteiger partial charge in [0.25, 0.3) is 0 Å². The average molecular weight is 181 g/mol. The number of aromatic nitrogens is 3. The van der Waals surface area contributed by atoms with E-state index in [4.69, 9.17) is 0 Å². The molecule has 0 N–H and O–H groups in total. The third-order valence-corrected chi connectivity index (χ3v) is 1.58. The number of benzene rings is 1. The summed E-state index contributed by atoms with van der Waals surface area (Å²) in [6.45, 7) is 0. The molecule has 1 heterocycles. The van der Waals surface area contributed by atoms with Crippen LogP contribution in [-0.2, 0) is 0 Å². The predicted molar refractivity (Wildman–Crippen MR) is 41.3 cm³/mol. The number of nitrogens with zero attached hydrogens (tertiary/aromatic N) is 3. The van der Waals surface area contributed by atoms with Gasteiger partial charge < -0.3 is 0 Å². The Morgan fingerprint density at radius 1 is 1.23 bits per heavy atom. The fraction of sp³-hybridized carbons (Fsp3) is 0. The molecule has 0 aliphatic carbocycles. The molecule has 0 saturated carbocycles. The molecule has 66 valence electrons. The van der Waals surface area contributed by atoms with Crippen molar-refractivity contribution in [1.82, 2.24) is 14.8 Å². The van der Waals surface area contributed by atoms with Crippen LogP contribution in [0.3, 0.4) is 0 Å². The Kier molecular flexibility index (Phi) is 1.77. The maximum Gasteiger partial charge on any atom is 0.151 e. The fourth-order valence-corrected chi connectivity index (χ4v) is 1.000. The summed E-state index contributed by atoms with van der Waals surface area (Å²) in [7, 11) is 0. The summed E-state index contributed by atoms with van der Waals surface area (Å²) < 4.78 is 26.8. The summed E-state index contributed by atoms with van der Waals surface area (Å²) >= 11 is 0. The van der Waals surface area contributed by atoms with Gasteiger partial charge in [0.1, 0.15) is 24.2 Å². The van der Waals surface area contributed by atoms with E-state index in [-0.39, 0.29) is 5.69 Å². The van der Waals surface area contributed by atoms with Gasteiger partial charge in [0.05, 0.1) is 0 Å². The lowest BCUT2D eigenvalue weighted by Crippen LogP contribution is -1.98. The molecule has 0 bridgehead atoms. The lowest BCUT2D eigenvalue weighted by atomic mass is 10.3. The summed E-state index contributed by atoms with van der Waals surface area (Å²) in [5.74, 6) is -1.27. The molecule has 13 heavy (non-hydrogen) atoms. The summed E-state index contributed by atoms with van der Waals surface area (Å²) in [4.78, 5) is 3.65. The molecule has 0 atom stereocenters. The van der Waals surface area contributed by atoms with Crippen LogP contribution in [0.15, 0.2) is 30.9 Å². The van der Waals surface area contributed by atoms with E-state index in [1.54, 1.807) is 0 Å². The van der Waals surface area contributed by atoms with Gasteiger partial charge in [-0.1, -0.05) is 0 Å². The van der Waals surface area contributed by atoms with Crippen LogP contribution in [0.1, 0.15) is 0 Å². The number of halogens is 2. The predicted octanol–water partition coefficient (Wildman–Crippen LogP) is 1.55. The van der Waals surface area contributed by atoms with Gasteiger partial charge in [-0.2, -0.15) is 5.10 Å². The van der Waals surface area contributed by atoms with Gasteiger partial charge in [-0.25, -0.2) is 18.4 Å². The molecule has 2 aromatic rings. The highest BCUT2D eigenvalue weighted by molar-refractivity contribution is 5.31. The van der Waals surface area contributed by atoms with Crippen LogP contribution < -0.4 is 0 Å². The first kappa shape index (κ1) is 7.85. The Morgan fingerprint density at radius 3 is 2.69 bits per heavy atom. The van der Waals surface area contributed by atoms with Crippen molar-refractivity contribution in [2.45, 2.75) is 0 Å². The van der Waals surface area contributed by atoms with Crippen molar-refractivity contribution in [3.05, 3.63) is 42.5 Å². The number of hydrogen-bond donors (Lipinski definition) is 0. The van der Waals surface area contributed by atoms with E-state index in [2.05, 4.69) is 10.1 Å². The normalized spacial score (nSPS) is 10.3. The highest BCUT2D eigenvalue weighted by Gasteiger charge is 2.05. The molecule has 0 unspecified atom stereocenters. The molecular weight excluding hydrogens is 176 g/mol. The van der Waals surface area contributed by atoms with Crippen LogP contribution in [-0.4, -0.2) is 14.8 Å². The van der Waals surface area contributed by atoms with Crippen molar-refractivity contribution in [1.29, 1.82) is 0 Å². The largest absolute Gasteiger partial charge is 0.223 e. The minimum absolute atomic E-state index is 0.180. The van der Waals surface area contributed by atoms with Crippen LogP contribution in [0.2, 0.25) is 0 Å². The number of hydrogen-bond acceptors (Lipinski definition) is 2. The molecule has 0 aliphatic heterocycles. The van der Waals surface area contributed by atoms with Gasteiger partial charge in [0.2, 0.25) is 0 Å².